The number of unbranched alkanes of at least 4 members (excludes halogenated alkanes) is 12. The van der Waals surface area contributed by atoms with Crippen LogP contribution in [0.2, 0.25) is 0 Å². The maximum atomic E-state index is 13.5. The van der Waals surface area contributed by atoms with Crippen LogP contribution in [0.5, 0.6) is 0 Å². The number of ether oxygens (including phenoxy) is 2. The summed E-state index contributed by atoms with van der Waals surface area (Å²) in [5.74, 6) is 0.669. The molecule has 0 spiro atoms. The van der Waals surface area contributed by atoms with E-state index in [0.717, 1.165) is 41.0 Å². The van der Waals surface area contributed by atoms with E-state index in [1.165, 1.54) is 77.0 Å². The van der Waals surface area contributed by atoms with Gasteiger partial charge in [0, 0.05) is 7.11 Å². The molecule has 2 aromatic carbocycles. The highest BCUT2D eigenvalue weighted by molar-refractivity contribution is 5.98. The molecule has 0 fully saturated rings. The molecule has 0 aliphatic heterocycles. The Bertz CT molecular complexity index is 887. The maximum absolute atomic E-state index is 13.5. The molecule has 0 saturated heterocycles. The lowest BCUT2D eigenvalue weighted by atomic mass is 9.79. The molecule has 0 amide bonds. The molecule has 37 heavy (non-hydrogen) atoms. The summed E-state index contributed by atoms with van der Waals surface area (Å²) >= 11 is 0. The molecule has 0 atom stereocenters. The van der Waals surface area contributed by atoms with Crippen LogP contribution in [0.1, 0.15) is 115 Å². The van der Waals surface area contributed by atoms with Gasteiger partial charge in [-0.1, -0.05) is 146 Å². The minimum atomic E-state index is -0.879. The fourth-order valence-corrected chi connectivity index (χ4v) is 5.86. The van der Waals surface area contributed by atoms with Crippen molar-refractivity contribution in [2.75, 3.05) is 20.3 Å². The summed E-state index contributed by atoms with van der Waals surface area (Å²) in [6, 6.07) is 16.3. The zero-order valence-electron chi connectivity index (χ0n) is 23.7. The van der Waals surface area contributed by atoms with E-state index in [4.69, 9.17) is 9.47 Å². The monoisotopic (exact) mass is 506 g/mol. The van der Waals surface area contributed by atoms with Crippen molar-refractivity contribution in [2.24, 2.45) is 5.92 Å². The Morgan fingerprint density at radius 1 is 0.676 bits per heavy atom. The number of carbonyl (C=O) groups excluding carboxylic acids is 1. The normalized spacial score (nSPS) is 13.5. The van der Waals surface area contributed by atoms with Gasteiger partial charge in [-0.05, 0) is 34.6 Å². The van der Waals surface area contributed by atoms with Crippen LogP contribution >= 0.6 is 0 Å². The van der Waals surface area contributed by atoms with E-state index in [2.05, 4.69) is 26.0 Å². The molecule has 3 rings (SSSR count). The van der Waals surface area contributed by atoms with Gasteiger partial charge < -0.3 is 9.47 Å². The minimum absolute atomic E-state index is 0.188. The first-order chi connectivity index (χ1) is 18.1. The molecule has 0 saturated carbocycles. The predicted octanol–water partition coefficient (Wildman–Crippen LogP) is 9.26. The molecule has 3 nitrogen and oxygen atoms in total. The first kappa shape index (κ1) is 29.4. The van der Waals surface area contributed by atoms with E-state index in [1.54, 1.807) is 7.11 Å². The molecule has 204 valence electrons. The second kappa shape index (κ2) is 16.0. The molecule has 0 heterocycles. The Kier molecular flexibility index (Phi) is 12.7. The Labute approximate surface area is 226 Å². The molecule has 1 aliphatic rings. The lowest BCUT2D eigenvalue weighted by Crippen LogP contribution is -2.41. The van der Waals surface area contributed by atoms with Gasteiger partial charge in [-0.2, -0.15) is 0 Å². The van der Waals surface area contributed by atoms with Crippen LogP contribution in [0.3, 0.4) is 0 Å². The largest absolute Gasteiger partial charge is 0.465 e. The number of methoxy groups -OCH3 is 1. The highest BCUT2D eigenvalue weighted by atomic mass is 16.5. The van der Waals surface area contributed by atoms with Crippen LogP contribution in [-0.2, 0) is 19.7 Å². The lowest BCUT2D eigenvalue weighted by molar-refractivity contribution is -0.151. The van der Waals surface area contributed by atoms with Gasteiger partial charge >= 0.3 is 5.97 Å². The second-order valence-electron chi connectivity index (χ2n) is 11.3. The molecule has 0 radical (unpaired) electrons. The molecule has 0 N–H and O–H groups in total. The highest BCUT2D eigenvalue weighted by Crippen LogP contribution is 2.49. The number of fused-ring (bicyclic) bond motifs is 3. The van der Waals surface area contributed by atoms with E-state index in [9.17, 15) is 4.79 Å². The molecule has 0 unspecified atom stereocenters. The van der Waals surface area contributed by atoms with Crippen LogP contribution < -0.4 is 0 Å². The van der Waals surface area contributed by atoms with Crippen molar-refractivity contribution < 1.29 is 14.3 Å². The van der Waals surface area contributed by atoms with E-state index >= 15 is 0 Å². The summed E-state index contributed by atoms with van der Waals surface area (Å²) in [6.45, 7) is 5.41. The second-order valence-corrected chi connectivity index (χ2v) is 11.3. The molecular weight excluding hydrogens is 456 g/mol. The van der Waals surface area contributed by atoms with E-state index < -0.39 is 5.41 Å². The van der Waals surface area contributed by atoms with E-state index in [0.29, 0.717) is 6.61 Å². The third kappa shape index (κ3) is 8.18. The molecule has 1 aliphatic carbocycles. The standard InChI is InChI=1S/C34H50O3/c1-28(2)21-15-13-11-9-7-5-4-6-8-10-12-14-20-26-37-33(35)34(27-36-3)31-24-18-16-22-29(31)30-23-17-19-25-32(30)34/h16-19,22-25,28H,4-15,20-21,26-27H2,1-3H3. The third-order valence-corrected chi connectivity index (χ3v) is 7.93. The van der Waals surface area contributed by atoms with Crippen molar-refractivity contribution in [1.82, 2.24) is 0 Å². The predicted molar refractivity (Wildman–Crippen MR) is 155 cm³/mol. The summed E-state index contributed by atoms with van der Waals surface area (Å²) in [4.78, 5) is 13.5. The average Bonchev–Trinajstić information content (AvgIpc) is 3.19. The van der Waals surface area contributed by atoms with Crippen molar-refractivity contribution in [3.8, 4) is 11.1 Å². The molecule has 0 bridgehead atoms. The average molecular weight is 507 g/mol. The fraction of sp³-hybridized carbons (Fsp3) is 0.618. The van der Waals surface area contributed by atoms with Gasteiger partial charge in [0.1, 0.15) is 5.41 Å². The van der Waals surface area contributed by atoms with Gasteiger partial charge in [0.2, 0.25) is 0 Å². The van der Waals surface area contributed by atoms with Crippen LogP contribution in [-0.4, -0.2) is 26.3 Å². The third-order valence-electron chi connectivity index (χ3n) is 7.93. The van der Waals surface area contributed by atoms with Crippen LogP contribution in [0.25, 0.3) is 11.1 Å². The van der Waals surface area contributed by atoms with Gasteiger partial charge in [0.15, 0.2) is 0 Å². The quantitative estimate of drug-likeness (QED) is 0.141. The maximum Gasteiger partial charge on any atom is 0.323 e. The number of rotatable bonds is 19. The van der Waals surface area contributed by atoms with Crippen LogP contribution in [0, 0.1) is 5.92 Å². The summed E-state index contributed by atoms with van der Waals surface area (Å²) in [7, 11) is 1.66. The minimum Gasteiger partial charge on any atom is -0.465 e. The first-order valence-corrected chi connectivity index (χ1v) is 15.0. The van der Waals surface area contributed by atoms with Gasteiger partial charge in [-0.15, -0.1) is 0 Å². The Morgan fingerprint density at radius 3 is 1.57 bits per heavy atom. The van der Waals surface area contributed by atoms with Gasteiger partial charge in [0.05, 0.1) is 13.2 Å². The molecule has 2 aromatic rings. The van der Waals surface area contributed by atoms with Crippen molar-refractivity contribution in [3.63, 3.8) is 0 Å². The van der Waals surface area contributed by atoms with Gasteiger partial charge in [-0.3, -0.25) is 4.79 Å². The van der Waals surface area contributed by atoms with E-state index in [1.807, 2.05) is 36.4 Å². The molecule has 0 aromatic heterocycles. The number of hydrogen-bond acceptors (Lipinski definition) is 3. The van der Waals surface area contributed by atoms with Crippen molar-refractivity contribution in [1.29, 1.82) is 0 Å². The number of benzene rings is 2. The zero-order valence-corrected chi connectivity index (χ0v) is 23.7. The summed E-state index contributed by atoms with van der Waals surface area (Å²) in [6.07, 6.45) is 18.5. The van der Waals surface area contributed by atoms with Crippen LogP contribution in [0.4, 0.5) is 0 Å². The fourth-order valence-electron chi connectivity index (χ4n) is 5.86. The van der Waals surface area contributed by atoms with Gasteiger partial charge in [0.25, 0.3) is 0 Å². The highest BCUT2D eigenvalue weighted by Gasteiger charge is 2.50. The van der Waals surface area contributed by atoms with Crippen LogP contribution in [0.15, 0.2) is 48.5 Å². The first-order valence-electron chi connectivity index (χ1n) is 15.0. The summed E-state index contributed by atoms with van der Waals surface area (Å²) in [5, 5.41) is 0. The smallest absolute Gasteiger partial charge is 0.323 e. The SMILES string of the molecule is COCC1(C(=O)OCCCCCCCCCCCCCCCC(C)C)c2ccccc2-c2ccccc21. The topological polar surface area (TPSA) is 35.5 Å². The summed E-state index contributed by atoms with van der Waals surface area (Å²) < 4.78 is 11.5. The Balaban J connectivity index is 1.29. The van der Waals surface area contributed by atoms with Gasteiger partial charge in [-0.25, -0.2) is 0 Å². The number of esters is 1. The lowest BCUT2D eigenvalue weighted by Gasteiger charge is -2.29. The molecule has 3 heteroatoms. The Hall–Kier alpha value is -2.13. The number of carbonyl (C=O) groups is 1. The van der Waals surface area contributed by atoms with Crippen molar-refractivity contribution >= 4 is 5.97 Å². The number of hydrogen-bond donors (Lipinski definition) is 0. The zero-order chi connectivity index (χ0) is 26.3. The Morgan fingerprint density at radius 2 is 1.11 bits per heavy atom. The van der Waals surface area contributed by atoms with Crippen molar-refractivity contribution in [2.45, 2.75) is 109 Å². The molecular formula is C34H50O3. The van der Waals surface area contributed by atoms with Crippen molar-refractivity contribution in [3.05, 3.63) is 59.7 Å². The summed E-state index contributed by atoms with van der Waals surface area (Å²) in [5.41, 5.74) is 3.32. The van der Waals surface area contributed by atoms with E-state index in [-0.39, 0.29) is 12.6 Å².